The van der Waals surface area contributed by atoms with Gasteiger partial charge in [-0.05, 0) is 19.4 Å². The third-order valence-electron chi connectivity index (χ3n) is 4.84. The molecule has 2 atom stereocenters. The lowest BCUT2D eigenvalue weighted by Gasteiger charge is -2.35. The van der Waals surface area contributed by atoms with Gasteiger partial charge >= 0.3 is 0 Å². The second-order valence-electron chi connectivity index (χ2n) is 6.75. The van der Waals surface area contributed by atoms with Crippen LogP contribution >= 0.6 is 0 Å². The van der Waals surface area contributed by atoms with E-state index in [1.807, 2.05) is 16.7 Å². The summed E-state index contributed by atoms with van der Waals surface area (Å²) in [5, 5.41) is 3.29. The predicted octanol–water partition coefficient (Wildman–Crippen LogP) is 1.16. The number of aryl methyl sites for hydroxylation is 1. The second-order valence-corrected chi connectivity index (χ2v) is 6.75. The van der Waals surface area contributed by atoms with Crippen LogP contribution < -0.4 is 5.32 Å². The van der Waals surface area contributed by atoms with Gasteiger partial charge in [-0.2, -0.15) is 0 Å². The highest BCUT2D eigenvalue weighted by molar-refractivity contribution is 5.89. The van der Waals surface area contributed by atoms with Crippen molar-refractivity contribution < 1.29 is 9.59 Å². The summed E-state index contributed by atoms with van der Waals surface area (Å²) in [6.07, 6.45) is 0.349. The summed E-state index contributed by atoms with van der Waals surface area (Å²) in [4.78, 5) is 28.7. The van der Waals surface area contributed by atoms with E-state index in [0.29, 0.717) is 19.5 Å². The molecular weight excluding hydrogens is 290 g/mol. The molecule has 0 aromatic heterocycles. The summed E-state index contributed by atoms with van der Waals surface area (Å²) in [5.41, 5.74) is 2.33. The van der Waals surface area contributed by atoms with E-state index in [9.17, 15) is 9.59 Å². The smallest absolute Gasteiger partial charge is 0.228 e. The molecule has 1 unspecified atom stereocenters. The summed E-state index contributed by atoms with van der Waals surface area (Å²) >= 11 is 0. The maximum atomic E-state index is 12.7. The minimum Gasteiger partial charge on any atom is -0.338 e. The molecule has 23 heavy (non-hydrogen) atoms. The summed E-state index contributed by atoms with van der Waals surface area (Å²) < 4.78 is 0. The number of likely N-dealkylation sites (tertiary alicyclic amines) is 1. The van der Waals surface area contributed by atoms with Gasteiger partial charge in [-0.3, -0.25) is 9.59 Å². The molecule has 0 radical (unpaired) electrons. The van der Waals surface area contributed by atoms with Crippen molar-refractivity contribution in [3.05, 3.63) is 35.4 Å². The number of rotatable bonds is 3. The zero-order chi connectivity index (χ0) is 16.4. The standard InChI is InChI=1S/C18H25N3O2/c1-13-3-5-15(6-4-13)11-20-12-16(9-17(20)22)18(23)21-8-7-19-10-14(21)2/h3-6,14,16,19H,7-12H2,1-2H3/t14-,16?/m1/s1. The first-order valence-corrected chi connectivity index (χ1v) is 8.39. The number of amides is 2. The molecule has 0 saturated carbocycles. The molecular formula is C18H25N3O2. The van der Waals surface area contributed by atoms with Crippen LogP contribution in [0.5, 0.6) is 0 Å². The van der Waals surface area contributed by atoms with Gasteiger partial charge in [0.1, 0.15) is 0 Å². The molecule has 124 valence electrons. The molecule has 2 amide bonds. The molecule has 5 heteroatoms. The molecule has 2 aliphatic heterocycles. The molecule has 1 aromatic rings. The first-order valence-electron chi connectivity index (χ1n) is 8.39. The van der Waals surface area contributed by atoms with Crippen LogP contribution in [-0.2, 0) is 16.1 Å². The Morgan fingerprint density at radius 1 is 1.30 bits per heavy atom. The van der Waals surface area contributed by atoms with Crippen LogP contribution in [0.1, 0.15) is 24.5 Å². The number of piperazine rings is 1. The monoisotopic (exact) mass is 315 g/mol. The fourth-order valence-corrected chi connectivity index (χ4v) is 3.41. The third kappa shape index (κ3) is 3.55. The van der Waals surface area contributed by atoms with Crippen LogP contribution in [0.3, 0.4) is 0 Å². The summed E-state index contributed by atoms with van der Waals surface area (Å²) in [6, 6.07) is 8.42. The lowest BCUT2D eigenvalue weighted by Crippen LogP contribution is -2.54. The normalized spacial score (nSPS) is 25.0. The van der Waals surface area contributed by atoms with Gasteiger partial charge in [-0.15, -0.1) is 0 Å². The first kappa shape index (κ1) is 16.0. The lowest BCUT2D eigenvalue weighted by atomic mass is 10.1. The number of nitrogens with zero attached hydrogens (tertiary/aromatic N) is 2. The largest absolute Gasteiger partial charge is 0.338 e. The van der Waals surface area contributed by atoms with Crippen molar-refractivity contribution in [1.29, 1.82) is 0 Å². The van der Waals surface area contributed by atoms with E-state index in [0.717, 1.165) is 25.2 Å². The van der Waals surface area contributed by atoms with Crippen molar-refractivity contribution in [3.8, 4) is 0 Å². The van der Waals surface area contributed by atoms with E-state index in [4.69, 9.17) is 0 Å². The van der Waals surface area contributed by atoms with Crippen molar-refractivity contribution in [2.24, 2.45) is 5.92 Å². The molecule has 2 aliphatic rings. The van der Waals surface area contributed by atoms with Crippen molar-refractivity contribution in [1.82, 2.24) is 15.1 Å². The highest BCUT2D eigenvalue weighted by atomic mass is 16.2. The Bertz CT molecular complexity index is 584. The topological polar surface area (TPSA) is 52.7 Å². The highest BCUT2D eigenvalue weighted by Crippen LogP contribution is 2.23. The average molecular weight is 315 g/mol. The average Bonchev–Trinajstić information content (AvgIpc) is 2.90. The Morgan fingerprint density at radius 2 is 2.04 bits per heavy atom. The molecule has 2 saturated heterocycles. The molecule has 1 N–H and O–H groups in total. The van der Waals surface area contributed by atoms with Crippen LogP contribution in [0, 0.1) is 12.8 Å². The number of benzene rings is 1. The molecule has 0 spiro atoms. The maximum Gasteiger partial charge on any atom is 0.228 e. The fourth-order valence-electron chi connectivity index (χ4n) is 3.41. The van der Waals surface area contributed by atoms with Gasteiger partial charge in [0.25, 0.3) is 0 Å². The van der Waals surface area contributed by atoms with Gasteiger partial charge in [-0.25, -0.2) is 0 Å². The molecule has 5 nitrogen and oxygen atoms in total. The van der Waals surface area contributed by atoms with Gasteiger partial charge in [0.2, 0.25) is 11.8 Å². The van der Waals surface area contributed by atoms with Gasteiger partial charge in [0, 0.05) is 45.2 Å². The fraction of sp³-hybridized carbons (Fsp3) is 0.556. The number of nitrogens with one attached hydrogen (secondary N) is 1. The van der Waals surface area contributed by atoms with E-state index >= 15 is 0 Å². The van der Waals surface area contributed by atoms with Gasteiger partial charge < -0.3 is 15.1 Å². The van der Waals surface area contributed by atoms with Crippen molar-refractivity contribution in [3.63, 3.8) is 0 Å². The number of carbonyl (C=O) groups is 2. The van der Waals surface area contributed by atoms with Crippen LogP contribution in [0.4, 0.5) is 0 Å². The second kappa shape index (κ2) is 6.71. The van der Waals surface area contributed by atoms with E-state index in [1.54, 1.807) is 0 Å². The maximum absolute atomic E-state index is 12.7. The van der Waals surface area contributed by atoms with E-state index in [2.05, 4.69) is 36.5 Å². The summed E-state index contributed by atoms with van der Waals surface area (Å²) in [7, 11) is 0. The van der Waals surface area contributed by atoms with E-state index < -0.39 is 0 Å². The number of hydrogen-bond donors (Lipinski definition) is 1. The molecule has 0 bridgehead atoms. The Morgan fingerprint density at radius 3 is 2.74 bits per heavy atom. The summed E-state index contributed by atoms with van der Waals surface area (Å²) in [6.45, 7) is 7.66. The van der Waals surface area contributed by atoms with Crippen LogP contribution in [0.15, 0.2) is 24.3 Å². The Kier molecular flexibility index (Phi) is 4.66. The minimum absolute atomic E-state index is 0.0895. The molecule has 1 aromatic carbocycles. The Labute approximate surface area is 137 Å². The third-order valence-corrected chi connectivity index (χ3v) is 4.84. The zero-order valence-electron chi connectivity index (χ0n) is 13.9. The molecule has 2 heterocycles. The first-order chi connectivity index (χ1) is 11.0. The van der Waals surface area contributed by atoms with Crippen molar-refractivity contribution >= 4 is 11.8 Å². The number of carbonyl (C=O) groups excluding carboxylic acids is 2. The SMILES string of the molecule is Cc1ccc(CN2CC(C(=O)N3CCNC[C@H]3C)CC2=O)cc1. The van der Waals surface area contributed by atoms with Crippen molar-refractivity contribution in [2.45, 2.75) is 32.9 Å². The molecule has 0 aliphatic carbocycles. The van der Waals surface area contributed by atoms with Gasteiger partial charge in [0.05, 0.1) is 5.92 Å². The van der Waals surface area contributed by atoms with E-state index in [1.165, 1.54) is 5.56 Å². The van der Waals surface area contributed by atoms with Crippen molar-refractivity contribution in [2.75, 3.05) is 26.2 Å². The predicted molar refractivity (Wildman–Crippen MR) is 88.7 cm³/mol. The van der Waals surface area contributed by atoms with E-state index in [-0.39, 0.29) is 23.8 Å². The Hall–Kier alpha value is -1.88. The quantitative estimate of drug-likeness (QED) is 0.911. The van der Waals surface area contributed by atoms with Gasteiger partial charge in [-0.1, -0.05) is 29.8 Å². The highest BCUT2D eigenvalue weighted by Gasteiger charge is 2.38. The summed E-state index contributed by atoms with van der Waals surface area (Å²) in [5.74, 6) is 0.0407. The minimum atomic E-state index is -0.187. The zero-order valence-corrected chi connectivity index (χ0v) is 13.9. The van der Waals surface area contributed by atoms with Crippen LogP contribution in [0.25, 0.3) is 0 Å². The van der Waals surface area contributed by atoms with Crippen LogP contribution in [0.2, 0.25) is 0 Å². The lowest BCUT2D eigenvalue weighted by molar-refractivity contribution is -0.138. The van der Waals surface area contributed by atoms with Crippen LogP contribution in [-0.4, -0.2) is 53.8 Å². The van der Waals surface area contributed by atoms with Gasteiger partial charge in [0.15, 0.2) is 0 Å². The molecule has 2 fully saturated rings. The molecule has 3 rings (SSSR count). The Balaban J connectivity index is 1.62. The number of hydrogen-bond acceptors (Lipinski definition) is 3.